The van der Waals surface area contributed by atoms with Gasteiger partial charge in [-0.1, -0.05) is 60.7 Å². The maximum Gasteiger partial charge on any atom is 0.260 e. The van der Waals surface area contributed by atoms with Gasteiger partial charge < -0.3 is 28.4 Å². The molecule has 0 amide bonds. The SMILES string of the molecule is COCCO[C@H]1C(OP2O[C@@H](c3ccccc3)[C@H]3CCCN32)[C@@H](CO)O[C@H]1Cc1ccccc1. The van der Waals surface area contributed by atoms with Gasteiger partial charge in [-0.25, -0.2) is 4.67 Å². The summed E-state index contributed by atoms with van der Waals surface area (Å²) in [6, 6.07) is 20.9. The van der Waals surface area contributed by atoms with E-state index in [4.69, 9.17) is 23.3 Å². The average Bonchev–Trinajstić information content (AvgIpc) is 3.57. The largest absolute Gasteiger partial charge is 0.394 e. The monoisotopic (exact) mass is 487 g/mol. The fraction of sp³-hybridized carbons (Fsp3) is 0.538. The van der Waals surface area contributed by atoms with Gasteiger partial charge in [-0.2, -0.15) is 0 Å². The van der Waals surface area contributed by atoms with Crippen LogP contribution >= 0.6 is 8.53 Å². The summed E-state index contributed by atoms with van der Waals surface area (Å²) >= 11 is 0. The van der Waals surface area contributed by atoms with Crippen LogP contribution in [0, 0.1) is 0 Å². The molecule has 3 saturated heterocycles. The van der Waals surface area contributed by atoms with Crippen molar-refractivity contribution >= 4 is 8.53 Å². The third-order valence-corrected chi connectivity index (χ3v) is 8.58. The molecule has 0 radical (unpaired) electrons. The van der Waals surface area contributed by atoms with E-state index < -0.39 is 20.7 Å². The molecule has 8 heteroatoms. The second-order valence-corrected chi connectivity index (χ2v) is 10.4. The van der Waals surface area contributed by atoms with Gasteiger partial charge in [0.05, 0.1) is 25.9 Å². The lowest BCUT2D eigenvalue weighted by Gasteiger charge is -2.28. The molecule has 7 nitrogen and oxygen atoms in total. The molecule has 184 valence electrons. The molecule has 0 saturated carbocycles. The van der Waals surface area contributed by atoms with E-state index in [9.17, 15) is 5.11 Å². The first-order valence-corrected chi connectivity index (χ1v) is 13.3. The highest BCUT2D eigenvalue weighted by molar-refractivity contribution is 7.45. The lowest BCUT2D eigenvalue weighted by molar-refractivity contribution is -0.0481. The van der Waals surface area contributed by atoms with E-state index in [1.165, 1.54) is 5.56 Å². The second-order valence-electron chi connectivity index (χ2n) is 9.03. The number of ether oxygens (including phenoxy) is 3. The summed E-state index contributed by atoms with van der Waals surface area (Å²) in [6.45, 7) is 1.75. The van der Waals surface area contributed by atoms with Gasteiger partial charge in [0, 0.05) is 26.1 Å². The summed E-state index contributed by atoms with van der Waals surface area (Å²) in [7, 11) is 0.376. The van der Waals surface area contributed by atoms with Crippen LogP contribution in [0.5, 0.6) is 0 Å². The quantitative estimate of drug-likeness (QED) is 0.403. The van der Waals surface area contributed by atoms with E-state index in [-0.39, 0.29) is 24.9 Å². The summed E-state index contributed by atoms with van der Waals surface area (Å²) in [5, 5.41) is 10.2. The number of aliphatic hydroxyl groups excluding tert-OH is 1. The van der Waals surface area contributed by atoms with Crippen LogP contribution in [0.3, 0.4) is 0 Å². The Morgan fingerprint density at radius 2 is 1.76 bits per heavy atom. The molecule has 2 unspecified atom stereocenters. The summed E-state index contributed by atoms with van der Waals surface area (Å²) in [6.07, 6.45) is 1.48. The molecular formula is C26H34NO6P. The van der Waals surface area contributed by atoms with Gasteiger partial charge in [-0.3, -0.25) is 0 Å². The van der Waals surface area contributed by atoms with E-state index in [0.29, 0.717) is 25.7 Å². The number of methoxy groups -OCH3 is 1. The number of hydrogen-bond acceptors (Lipinski definition) is 7. The second kappa shape index (κ2) is 11.5. The van der Waals surface area contributed by atoms with Crippen molar-refractivity contribution in [3.63, 3.8) is 0 Å². The number of aliphatic hydroxyl groups is 1. The maximum atomic E-state index is 10.2. The Hall–Kier alpha value is -1.41. The predicted octanol–water partition coefficient (Wildman–Crippen LogP) is 3.87. The number of fused-ring (bicyclic) bond motifs is 1. The summed E-state index contributed by atoms with van der Waals surface area (Å²) < 4.78 is 33.4. The van der Waals surface area contributed by atoms with E-state index in [2.05, 4.69) is 41.1 Å². The smallest absolute Gasteiger partial charge is 0.260 e. The van der Waals surface area contributed by atoms with Crippen molar-refractivity contribution in [1.29, 1.82) is 0 Å². The van der Waals surface area contributed by atoms with Crippen molar-refractivity contribution < 1.29 is 28.4 Å². The molecule has 1 N–H and O–H groups in total. The minimum atomic E-state index is -1.28. The van der Waals surface area contributed by atoms with Crippen molar-refractivity contribution in [2.24, 2.45) is 0 Å². The van der Waals surface area contributed by atoms with Crippen molar-refractivity contribution in [2.45, 2.75) is 55.8 Å². The molecule has 0 bridgehead atoms. The maximum absolute atomic E-state index is 10.2. The standard InChI is InChI=1S/C26H34NO6P/c1-29-15-16-30-25-22(17-19-9-4-2-5-10-19)31-23(18-28)26(25)33-34-27-14-8-13-21(27)24(32-34)20-11-6-3-7-12-20/h2-7,9-12,21-26,28H,8,13-18H2,1H3/t21-,22+,23-,24+,25-,26?,34?/m1/s1. The van der Waals surface area contributed by atoms with Crippen LogP contribution < -0.4 is 0 Å². The van der Waals surface area contributed by atoms with Gasteiger partial charge in [-0.15, -0.1) is 0 Å². The van der Waals surface area contributed by atoms with Crippen LogP contribution in [-0.4, -0.2) is 73.7 Å². The average molecular weight is 488 g/mol. The Balaban J connectivity index is 1.34. The lowest BCUT2D eigenvalue weighted by Crippen LogP contribution is -2.39. The van der Waals surface area contributed by atoms with Gasteiger partial charge >= 0.3 is 0 Å². The molecule has 7 atom stereocenters. The molecule has 3 fully saturated rings. The normalized spacial score (nSPS) is 33.4. The Kier molecular flexibility index (Phi) is 8.25. The fourth-order valence-corrected chi connectivity index (χ4v) is 7.18. The van der Waals surface area contributed by atoms with Crippen LogP contribution in [0.15, 0.2) is 60.7 Å². The first-order valence-electron chi connectivity index (χ1n) is 12.1. The molecule has 2 aromatic rings. The van der Waals surface area contributed by atoms with Crippen LogP contribution in [-0.2, 0) is 29.7 Å². The number of rotatable bonds is 10. The van der Waals surface area contributed by atoms with Gasteiger partial charge in [0.25, 0.3) is 8.53 Å². The van der Waals surface area contributed by atoms with Gasteiger partial charge in [0.15, 0.2) is 0 Å². The van der Waals surface area contributed by atoms with E-state index in [1.807, 2.05) is 24.3 Å². The fourth-order valence-electron chi connectivity index (χ4n) is 5.19. The number of hydrogen-bond donors (Lipinski definition) is 1. The molecular weight excluding hydrogens is 453 g/mol. The Morgan fingerprint density at radius 3 is 2.50 bits per heavy atom. The molecule has 3 aliphatic heterocycles. The number of nitrogens with zero attached hydrogens (tertiary/aromatic N) is 1. The topological polar surface area (TPSA) is 69.6 Å². The Bertz CT molecular complexity index is 889. The van der Waals surface area contributed by atoms with E-state index in [1.54, 1.807) is 7.11 Å². The highest BCUT2D eigenvalue weighted by Gasteiger charge is 2.52. The highest BCUT2D eigenvalue weighted by atomic mass is 31.2. The van der Waals surface area contributed by atoms with Gasteiger partial charge in [-0.05, 0) is 24.0 Å². The minimum Gasteiger partial charge on any atom is -0.394 e. The molecule has 3 heterocycles. The zero-order valence-electron chi connectivity index (χ0n) is 19.6. The Morgan fingerprint density at radius 1 is 1.00 bits per heavy atom. The zero-order valence-corrected chi connectivity index (χ0v) is 20.5. The van der Waals surface area contributed by atoms with Crippen molar-refractivity contribution in [2.75, 3.05) is 33.5 Å². The van der Waals surface area contributed by atoms with E-state index in [0.717, 1.165) is 24.9 Å². The van der Waals surface area contributed by atoms with Crippen molar-refractivity contribution in [3.05, 3.63) is 71.8 Å². The summed E-state index contributed by atoms with van der Waals surface area (Å²) in [4.78, 5) is 0. The molecule has 34 heavy (non-hydrogen) atoms. The lowest BCUT2D eigenvalue weighted by atomic mass is 10.0. The van der Waals surface area contributed by atoms with Crippen LogP contribution in [0.4, 0.5) is 0 Å². The first-order chi connectivity index (χ1) is 16.8. The molecule has 0 spiro atoms. The highest BCUT2D eigenvalue weighted by Crippen LogP contribution is 2.61. The van der Waals surface area contributed by atoms with Crippen LogP contribution in [0.1, 0.15) is 30.1 Å². The number of benzene rings is 2. The molecule has 2 aromatic carbocycles. The minimum absolute atomic E-state index is 0.00214. The van der Waals surface area contributed by atoms with E-state index >= 15 is 0 Å². The predicted molar refractivity (Wildman–Crippen MR) is 129 cm³/mol. The molecule has 0 aliphatic carbocycles. The van der Waals surface area contributed by atoms with Crippen molar-refractivity contribution in [3.8, 4) is 0 Å². The zero-order chi connectivity index (χ0) is 23.3. The summed E-state index contributed by atoms with van der Waals surface area (Å²) in [5.41, 5.74) is 2.35. The third-order valence-electron chi connectivity index (χ3n) is 6.84. The summed E-state index contributed by atoms with van der Waals surface area (Å²) in [5.74, 6) is 0. The van der Waals surface area contributed by atoms with Gasteiger partial charge in [0.1, 0.15) is 24.4 Å². The molecule has 3 aliphatic rings. The third kappa shape index (κ3) is 5.23. The van der Waals surface area contributed by atoms with Crippen LogP contribution in [0.2, 0.25) is 0 Å². The van der Waals surface area contributed by atoms with Gasteiger partial charge in [0.2, 0.25) is 0 Å². The first kappa shape index (κ1) is 24.3. The van der Waals surface area contributed by atoms with Crippen LogP contribution in [0.25, 0.3) is 0 Å². The molecule has 5 rings (SSSR count). The molecule has 0 aromatic heterocycles. The van der Waals surface area contributed by atoms with Crippen molar-refractivity contribution in [1.82, 2.24) is 4.67 Å². The Labute approximate surface area is 202 Å².